The minimum absolute atomic E-state index is 0.0965. The van der Waals surface area contributed by atoms with E-state index in [1.807, 2.05) is 12.1 Å². The molecule has 0 bridgehead atoms. The van der Waals surface area contributed by atoms with E-state index in [2.05, 4.69) is 6.07 Å². The number of rotatable bonds is 2. The van der Waals surface area contributed by atoms with Crippen LogP contribution in [-0.2, 0) is 6.42 Å². The average Bonchev–Trinajstić information content (AvgIpc) is 2.49. The topological polar surface area (TPSA) is 35.2 Å². The first kappa shape index (κ1) is 13.4. The highest BCUT2D eigenvalue weighted by atomic mass is 35.5. The van der Waals surface area contributed by atoms with Crippen LogP contribution in [0.15, 0.2) is 36.4 Å². The van der Waals surface area contributed by atoms with Gasteiger partial charge in [0.15, 0.2) is 0 Å². The smallest absolute Gasteiger partial charge is 0.141 e. The van der Waals surface area contributed by atoms with E-state index in [-0.39, 0.29) is 11.1 Å². The molecule has 2 aromatic carbocycles. The molecule has 0 aliphatic carbocycles. The van der Waals surface area contributed by atoms with Crippen LogP contribution >= 0.6 is 11.6 Å². The normalized spacial score (nSPS) is 15.3. The monoisotopic (exact) mass is 291 g/mol. The van der Waals surface area contributed by atoms with E-state index in [1.165, 1.54) is 11.6 Å². The van der Waals surface area contributed by atoms with Gasteiger partial charge in [-0.25, -0.2) is 4.39 Å². The Bertz CT molecular complexity index is 644. The highest BCUT2D eigenvalue weighted by Crippen LogP contribution is 2.30. The maximum absolute atomic E-state index is 13.2. The number of hydrogen-bond donors (Lipinski definition) is 1. The highest BCUT2D eigenvalue weighted by Gasteiger charge is 2.15. The number of halogens is 2. The third kappa shape index (κ3) is 2.51. The molecule has 4 heteroatoms. The van der Waals surface area contributed by atoms with Crippen molar-refractivity contribution in [3.8, 4) is 5.75 Å². The third-order valence-electron chi connectivity index (χ3n) is 3.59. The summed E-state index contributed by atoms with van der Waals surface area (Å²) in [6.45, 7) is 0.770. The van der Waals surface area contributed by atoms with Crippen molar-refractivity contribution in [1.29, 1.82) is 0 Å². The Balaban J connectivity index is 1.93. The van der Waals surface area contributed by atoms with Gasteiger partial charge in [0.1, 0.15) is 11.6 Å². The molecular weight excluding hydrogens is 277 g/mol. The van der Waals surface area contributed by atoms with Crippen molar-refractivity contribution >= 4 is 11.6 Å². The molecule has 20 heavy (non-hydrogen) atoms. The Hall–Kier alpha value is -1.58. The molecule has 0 fully saturated rings. The fraction of sp³-hybridized carbons (Fsp3) is 0.250. The van der Waals surface area contributed by atoms with Gasteiger partial charge in [0, 0.05) is 0 Å². The van der Waals surface area contributed by atoms with E-state index in [1.54, 1.807) is 12.1 Å². The molecule has 2 aromatic rings. The second-order valence-corrected chi connectivity index (χ2v) is 5.38. The van der Waals surface area contributed by atoms with E-state index in [0.717, 1.165) is 36.3 Å². The van der Waals surface area contributed by atoms with Crippen molar-refractivity contribution in [3.63, 3.8) is 0 Å². The Morgan fingerprint density at radius 1 is 1.15 bits per heavy atom. The van der Waals surface area contributed by atoms with Crippen LogP contribution in [-0.4, -0.2) is 6.61 Å². The van der Waals surface area contributed by atoms with Gasteiger partial charge in [-0.05, 0) is 47.7 Å². The van der Waals surface area contributed by atoms with Gasteiger partial charge in [-0.2, -0.15) is 0 Å². The Morgan fingerprint density at radius 3 is 2.70 bits per heavy atom. The number of hydrogen-bond acceptors (Lipinski definition) is 2. The first-order valence-corrected chi connectivity index (χ1v) is 6.99. The molecule has 104 valence electrons. The molecule has 1 aliphatic rings. The zero-order valence-electron chi connectivity index (χ0n) is 10.9. The van der Waals surface area contributed by atoms with Crippen molar-refractivity contribution < 1.29 is 9.13 Å². The van der Waals surface area contributed by atoms with Crippen molar-refractivity contribution in [2.45, 2.75) is 18.9 Å². The largest absolute Gasteiger partial charge is 0.493 e. The van der Waals surface area contributed by atoms with E-state index < -0.39 is 5.82 Å². The van der Waals surface area contributed by atoms with E-state index in [0.29, 0.717) is 0 Å². The molecule has 0 spiro atoms. The molecule has 1 aliphatic heterocycles. The molecule has 2 nitrogen and oxygen atoms in total. The van der Waals surface area contributed by atoms with Gasteiger partial charge in [0.05, 0.1) is 17.7 Å². The van der Waals surface area contributed by atoms with Crippen molar-refractivity contribution in [2.24, 2.45) is 5.73 Å². The lowest BCUT2D eigenvalue weighted by atomic mass is 9.95. The second-order valence-electron chi connectivity index (χ2n) is 4.97. The predicted octanol–water partition coefficient (Wildman–Crippen LogP) is 3.85. The summed E-state index contributed by atoms with van der Waals surface area (Å²) in [6, 6.07) is 10.2. The number of fused-ring (bicyclic) bond motifs is 1. The number of aryl methyl sites for hydroxylation is 1. The predicted molar refractivity (Wildman–Crippen MR) is 77.7 cm³/mol. The summed E-state index contributed by atoms with van der Waals surface area (Å²) in [5.74, 6) is 0.505. The molecule has 0 saturated carbocycles. The van der Waals surface area contributed by atoms with E-state index in [4.69, 9.17) is 22.1 Å². The van der Waals surface area contributed by atoms with Gasteiger partial charge in [-0.1, -0.05) is 29.8 Å². The fourth-order valence-corrected chi connectivity index (χ4v) is 2.66. The van der Waals surface area contributed by atoms with Crippen LogP contribution in [0.1, 0.15) is 29.2 Å². The number of nitrogens with two attached hydrogens (primary N) is 1. The Kier molecular flexibility index (Phi) is 3.64. The molecule has 0 amide bonds. The summed E-state index contributed by atoms with van der Waals surface area (Å²) in [4.78, 5) is 0. The summed E-state index contributed by atoms with van der Waals surface area (Å²) >= 11 is 5.81. The summed E-state index contributed by atoms with van der Waals surface area (Å²) in [7, 11) is 0. The summed E-state index contributed by atoms with van der Waals surface area (Å²) < 4.78 is 18.8. The van der Waals surface area contributed by atoms with Crippen LogP contribution in [0, 0.1) is 5.82 Å². The van der Waals surface area contributed by atoms with Crippen molar-refractivity contribution in [3.05, 3.63) is 63.9 Å². The minimum Gasteiger partial charge on any atom is -0.493 e. The number of ether oxygens (including phenoxy) is 1. The molecule has 0 radical (unpaired) electrons. The Morgan fingerprint density at radius 2 is 1.90 bits per heavy atom. The van der Waals surface area contributed by atoms with E-state index >= 15 is 0 Å². The highest BCUT2D eigenvalue weighted by molar-refractivity contribution is 6.30. The van der Waals surface area contributed by atoms with Gasteiger partial charge >= 0.3 is 0 Å². The van der Waals surface area contributed by atoms with Gasteiger partial charge in [0.2, 0.25) is 0 Å². The van der Waals surface area contributed by atoms with Gasteiger partial charge in [-0.15, -0.1) is 0 Å². The van der Waals surface area contributed by atoms with Gasteiger partial charge in [0.25, 0.3) is 0 Å². The quantitative estimate of drug-likeness (QED) is 0.912. The molecule has 1 atom stereocenters. The van der Waals surface area contributed by atoms with Crippen LogP contribution in [0.2, 0.25) is 5.02 Å². The van der Waals surface area contributed by atoms with Crippen LogP contribution in [0.25, 0.3) is 0 Å². The summed E-state index contributed by atoms with van der Waals surface area (Å²) in [5.41, 5.74) is 9.21. The van der Waals surface area contributed by atoms with Crippen LogP contribution in [0.5, 0.6) is 5.75 Å². The fourth-order valence-electron chi connectivity index (χ4n) is 2.47. The maximum atomic E-state index is 13.2. The molecule has 0 saturated heterocycles. The molecule has 3 rings (SSSR count). The van der Waals surface area contributed by atoms with E-state index in [9.17, 15) is 4.39 Å². The molecule has 0 aromatic heterocycles. The number of benzene rings is 2. The summed E-state index contributed by atoms with van der Waals surface area (Å²) in [6.07, 6.45) is 2.02. The lowest BCUT2D eigenvalue weighted by Crippen LogP contribution is -2.14. The van der Waals surface area contributed by atoms with Crippen LogP contribution in [0.4, 0.5) is 4.39 Å². The maximum Gasteiger partial charge on any atom is 0.141 e. The SMILES string of the molecule is NC(c1ccc(F)c(Cl)c1)c1ccc2c(c1)CCCO2. The Labute approximate surface area is 122 Å². The average molecular weight is 292 g/mol. The second kappa shape index (κ2) is 5.43. The van der Waals surface area contributed by atoms with Crippen LogP contribution < -0.4 is 10.5 Å². The van der Waals surface area contributed by atoms with Gasteiger partial charge < -0.3 is 10.5 Å². The van der Waals surface area contributed by atoms with Crippen molar-refractivity contribution in [1.82, 2.24) is 0 Å². The zero-order chi connectivity index (χ0) is 14.1. The molecular formula is C16H15ClFNO. The van der Waals surface area contributed by atoms with Crippen molar-refractivity contribution in [2.75, 3.05) is 6.61 Å². The molecule has 1 heterocycles. The lowest BCUT2D eigenvalue weighted by molar-refractivity contribution is 0.288. The standard InChI is InChI=1S/C16H15ClFNO/c17-13-9-12(3-5-14(13)18)16(19)11-4-6-15-10(8-11)2-1-7-20-15/h3-6,8-9,16H,1-2,7,19H2. The lowest BCUT2D eigenvalue weighted by Gasteiger charge is -2.20. The first-order chi connectivity index (χ1) is 9.65. The molecule has 2 N–H and O–H groups in total. The summed E-state index contributed by atoms with van der Waals surface area (Å²) in [5, 5.41) is 0.0965. The van der Waals surface area contributed by atoms with Crippen LogP contribution in [0.3, 0.4) is 0 Å². The zero-order valence-corrected chi connectivity index (χ0v) is 11.7. The minimum atomic E-state index is -0.429. The first-order valence-electron chi connectivity index (χ1n) is 6.61. The molecule has 1 unspecified atom stereocenters. The van der Waals surface area contributed by atoms with Gasteiger partial charge in [-0.3, -0.25) is 0 Å². The third-order valence-corrected chi connectivity index (χ3v) is 3.88.